The highest BCUT2D eigenvalue weighted by atomic mass is 32.1. The first-order chi connectivity index (χ1) is 12.4. The monoisotopic (exact) mass is 357 g/mol. The summed E-state index contributed by atoms with van der Waals surface area (Å²) in [6, 6.07) is 15.7. The van der Waals surface area contributed by atoms with Crippen LogP contribution in [0.3, 0.4) is 0 Å². The second-order valence-corrected chi connectivity index (χ2v) is 8.63. The summed E-state index contributed by atoms with van der Waals surface area (Å²) >= 11 is 1.83. The molecule has 26 heavy (non-hydrogen) atoms. The van der Waals surface area contributed by atoms with Crippen molar-refractivity contribution in [1.82, 2.24) is 0 Å². The second-order valence-electron chi connectivity index (χ2n) is 7.41. The molecule has 2 aromatic carbocycles. The van der Waals surface area contributed by atoms with Gasteiger partial charge in [-0.05, 0) is 53.3 Å². The van der Waals surface area contributed by atoms with Crippen LogP contribution in [0.1, 0.15) is 35.4 Å². The molecule has 0 saturated heterocycles. The number of hydrogen-bond donors (Lipinski definition) is 0. The van der Waals surface area contributed by atoms with Crippen LogP contribution in [0.5, 0.6) is 0 Å². The summed E-state index contributed by atoms with van der Waals surface area (Å²) in [6.07, 6.45) is 3.52. The molecule has 0 atom stereocenters. The lowest BCUT2D eigenvalue weighted by Crippen LogP contribution is -2.14. The van der Waals surface area contributed by atoms with E-state index in [1.807, 2.05) is 11.3 Å². The fraction of sp³-hybridized carbons (Fsp3) is 0.208. The van der Waals surface area contributed by atoms with Gasteiger partial charge in [-0.3, -0.25) is 4.99 Å². The molecule has 130 valence electrons. The second kappa shape index (κ2) is 6.07. The van der Waals surface area contributed by atoms with Crippen LogP contribution in [-0.2, 0) is 5.41 Å². The summed E-state index contributed by atoms with van der Waals surface area (Å²) in [5, 5.41) is 0. The Labute approximate surface area is 159 Å². The Hall–Kier alpha value is -2.45. The van der Waals surface area contributed by atoms with Crippen molar-refractivity contribution in [3.8, 4) is 21.6 Å². The van der Waals surface area contributed by atoms with Gasteiger partial charge in [0.25, 0.3) is 0 Å². The number of rotatable bonds is 3. The van der Waals surface area contributed by atoms with Gasteiger partial charge in [-0.15, -0.1) is 11.3 Å². The number of hydrogen-bond acceptors (Lipinski definition) is 2. The van der Waals surface area contributed by atoms with Crippen LogP contribution in [-0.4, -0.2) is 6.21 Å². The highest BCUT2D eigenvalue weighted by Crippen LogP contribution is 2.51. The van der Waals surface area contributed by atoms with E-state index in [-0.39, 0.29) is 5.41 Å². The van der Waals surface area contributed by atoms with E-state index in [1.54, 1.807) is 12.3 Å². The standard InChI is InChI=1S/C24H23NS/c1-6-13-25-22-15(2)16(3)26-23(22)17-11-12-19-18-9-7-8-10-20(18)24(4,5)21(19)14-17/h6-14H,1H2,2-5H3. The third-order valence-corrected chi connectivity index (χ3v) is 6.75. The number of fused-ring (bicyclic) bond motifs is 3. The Bertz CT molecular complexity index is 1050. The third kappa shape index (κ3) is 2.40. The van der Waals surface area contributed by atoms with Gasteiger partial charge < -0.3 is 0 Å². The predicted molar refractivity (Wildman–Crippen MR) is 115 cm³/mol. The molecule has 2 heteroatoms. The topological polar surface area (TPSA) is 12.4 Å². The van der Waals surface area contributed by atoms with Gasteiger partial charge in [0.15, 0.2) is 0 Å². The van der Waals surface area contributed by atoms with Crippen molar-refractivity contribution >= 4 is 23.2 Å². The first-order valence-electron chi connectivity index (χ1n) is 8.95. The molecule has 0 bridgehead atoms. The zero-order valence-corrected chi connectivity index (χ0v) is 16.6. The smallest absolute Gasteiger partial charge is 0.0847 e. The predicted octanol–water partition coefficient (Wildman–Crippen LogP) is 7.23. The molecule has 0 fully saturated rings. The molecule has 0 radical (unpaired) electrons. The van der Waals surface area contributed by atoms with E-state index in [0.29, 0.717) is 0 Å². The Morgan fingerprint density at radius 3 is 2.50 bits per heavy atom. The van der Waals surface area contributed by atoms with Crippen LogP contribution in [0.15, 0.2) is 60.1 Å². The molecule has 1 aromatic heterocycles. The Morgan fingerprint density at radius 2 is 1.73 bits per heavy atom. The van der Waals surface area contributed by atoms with Gasteiger partial charge in [-0.25, -0.2) is 0 Å². The van der Waals surface area contributed by atoms with E-state index in [0.717, 1.165) is 5.69 Å². The largest absolute Gasteiger partial charge is 0.255 e. The van der Waals surface area contributed by atoms with Gasteiger partial charge in [0, 0.05) is 16.5 Å². The molecule has 4 rings (SSSR count). The van der Waals surface area contributed by atoms with Crippen LogP contribution in [0, 0.1) is 13.8 Å². The number of thiophene rings is 1. The van der Waals surface area contributed by atoms with Crippen molar-refractivity contribution in [2.75, 3.05) is 0 Å². The highest BCUT2D eigenvalue weighted by molar-refractivity contribution is 7.16. The maximum Gasteiger partial charge on any atom is 0.0847 e. The van der Waals surface area contributed by atoms with Gasteiger partial charge in [0.05, 0.1) is 10.6 Å². The molecule has 0 saturated carbocycles. The number of aryl methyl sites for hydroxylation is 1. The van der Waals surface area contributed by atoms with E-state index >= 15 is 0 Å². The number of benzene rings is 2. The summed E-state index contributed by atoms with van der Waals surface area (Å²) in [4.78, 5) is 7.22. The minimum atomic E-state index is 0.0217. The minimum absolute atomic E-state index is 0.0217. The molecule has 0 aliphatic heterocycles. The fourth-order valence-electron chi connectivity index (χ4n) is 3.94. The molecule has 0 amide bonds. The third-order valence-electron chi connectivity index (χ3n) is 5.51. The highest BCUT2D eigenvalue weighted by Gasteiger charge is 2.35. The van der Waals surface area contributed by atoms with Crippen LogP contribution >= 0.6 is 11.3 Å². The first kappa shape index (κ1) is 17.0. The molecule has 3 aromatic rings. The van der Waals surface area contributed by atoms with Crippen LogP contribution in [0.2, 0.25) is 0 Å². The Balaban J connectivity index is 1.91. The fourth-order valence-corrected chi connectivity index (χ4v) is 5.04. The average molecular weight is 358 g/mol. The van der Waals surface area contributed by atoms with Crippen molar-refractivity contribution in [2.45, 2.75) is 33.1 Å². The van der Waals surface area contributed by atoms with Crippen molar-refractivity contribution in [2.24, 2.45) is 4.99 Å². The molecule has 1 heterocycles. The van der Waals surface area contributed by atoms with Gasteiger partial charge in [-0.1, -0.05) is 62.9 Å². The SMILES string of the molecule is C=CC=Nc1c(-c2ccc3c(c2)C(C)(C)c2ccccc2-3)sc(C)c1C. The lowest BCUT2D eigenvalue weighted by molar-refractivity contribution is 0.660. The van der Waals surface area contributed by atoms with Gasteiger partial charge >= 0.3 is 0 Å². The molecular weight excluding hydrogens is 334 g/mol. The van der Waals surface area contributed by atoms with Gasteiger partial charge in [0.2, 0.25) is 0 Å². The maximum atomic E-state index is 4.66. The zero-order chi connectivity index (χ0) is 18.5. The quantitative estimate of drug-likeness (QED) is 0.439. The molecular formula is C24H23NS. The molecule has 0 unspecified atom stereocenters. The molecule has 0 N–H and O–H groups in total. The van der Waals surface area contributed by atoms with Crippen molar-refractivity contribution < 1.29 is 0 Å². The minimum Gasteiger partial charge on any atom is -0.255 e. The zero-order valence-electron chi connectivity index (χ0n) is 15.8. The van der Waals surface area contributed by atoms with Crippen LogP contribution in [0.4, 0.5) is 5.69 Å². The summed E-state index contributed by atoms with van der Waals surface area (Å²) in [5.41, 5.74) is 9.13. The van der Waals surface area contributed by atoms with Gasteiger partial charge in [-0.2, -0.15) is 0 Å². The van der Waals surface area contributed by atoms with Crippen molar-refractivity contribution in [1.29, 1.82) is 0 Å². The van der Waals surface area contributed by atoms with E-state index in [1.165, 1.54) is 43.1 Å². The normalized spacial score (nSPS) is 14.5. The van der Waals surface area contributed by atoms with Crippen LogP contribution < -0.4 is 0 Å². The average Bonchev–Trinajstić information content (AvgIpc) is 3.05. The Morgan fingerprint density at radius 1 is 1.00 bits per heavy atom. The number of allylic oxidation sites excluding steroid dienone is 1. The lowest BCUT2D eigenvalue weighted by atomic mass is 9.82. The molecule has 0 spiro atoms. The van der Waals surface area contributed by atoms with Crippen LogP contribution in [0.25, 0.3) is 21.6 Å². The van der Waals surface area contributed by atoms with Crippen molar-refractivity contribution in [3.63, 3.8) is 0 Å². The summed E-state index contributed by atoms with van der Waals surface area (Å²) in [5.74, 6) is 0. The first-order valence-corrected chi connectivity index (χ1v) is 9.76. The van der Waals surface area contributed by atoms with E-state index in [9.17, 15) is 0 Å². The maximum absolute atomic E-state index is 4.66. The summed E-state index contributed by atoms with van der Waals surface area (Å²) in [6.45, 7) is 12.7. The molecule has 1 aliphatic rings. The van der Waals surface area contributed by atoms with E-state index < -0.39 is 0 Å². The van der Waals surface area contributed by atoms with E-state index in [4.69, 9.17) is 0 Å². The van der Waals surface area contributed by atoms with Crippen molar-refractivity contribution in [3.05, 3.63) is 76.7 Å². The summed E-state index contributed by atoms with van der Waals surface area (Å²) < 4.78 is 0. The van der Waals surface area contributed by atoms with E-state index in [2.05, 4.69) is 81.7 Å². The molecule has 1 nitrogen and oxygen atoms in total. The number of nitrogens with zero attached hydrogens (tertiary/aromatic N) is 1. The van der Waals surface area contributed by atoms with Gasteiger partial charge in [0.1, 0.15) is 0 Å². The lowest BCUT2D eigenvalue weighted by Gasteiger charge is -2.21. The summed E-state index contributed by atoms with van der Waals surface area (Å²) in [7, 11) is 0. The molecule has 1 aliphatic carbocycles. The Kier molecular flexibility index (Phi) is 3.96. The number of aliphatic imine (C=N–C) groups is 1.